The molecule has 2 aromatic heterocycles. The average Bonchev–Trinajstić information content (AvgIpc) is 2.86. The minimum Gasteiger partial charge on any atom is -0.466 e. The fraction of sp³-hybridized carbons (Fsp3) is 0.385. The van der Waals surface area contributed by atoms with Gasteiger partial charge in [-0.05, 0) is 32.0 Å². The Kier molecular flexibility index (Phi) is 4.45. The van der Waals surface area contributed by atoms with Crippen molar-refractivity contribution in [1.82, 2.24) is 5.32 Å². The highest BCUT2D eigenvalue weighted by Crippen LogP contribution is 2.26. The summed E-state index contributed by atoms with van der Waals surface area (Å²) in [6.07, 6.45) is -0.518. The van der Waals surface area contributed by atoms with Gasteiger partial charge in [-0.15, -0.1) is 11.3 Å². The first-order valence-electron chi connectivity index (χ1n) is 5.76. The van der Waals surface area contributed by atoms with E-state index in [9.17, 15) is 5.11 Å². The van der Waals surface area contributed by atoms with Gasteiger partial charge in [0.2, 0.25) is 0 Å². The normalized spacial score (nSPS) is 12.9. The van der Waals surface area contributed by atoms with E-state index in [0.717, 1.165) is 22.0 Å². The molecule has 0 spiro atoms. The number of aliphatic hydroxyl groups excluding tert-OH is 1. The monoisotopic (exact) mass is 285 g/mol. The Morgan fingerprint density at radius 3 is 2.78 bits per heavy atom. The SMILES string of the molecule is Cc1cc(CNCC(O)c2ccc(Cl)s2)c(C)o1. The van der Waals surface area contributed by atoms with E-state index < -0.39 is 6.10 Å². The van der Waals surface area contributed by atoms with Crippen LogP contribution < -0.4 is 5.32 Å². The third-order valence-electron chi connectivity index (χ3n) is 2.72. The van der Waals surface area contributed by atoms with E-state index in [1.807, 2.05) is 26.0 Å². The van der Waals surface area contributed by atoms with Crippen molar-refractivity contribution in [2.75, 3.05) is 6.54 Å². The van der Waals surface area contributed by atoms with Crippen molar-refractivity contribution in [2.24, 2.45) is 0 Å². The lowest BCUT2D eigenvalue weighted by Gasteiger charge is -2.09. The van der Waals surface area contributed by atoms with Gasteiger partial charge in [-0.2, -0.15) is 0 Å². The van der Waals surface area contributed by atoms with Crippen LogP contribution in [0.5, 0.6) is 0 Å². The van der Waals surface area contributed by atoms with Crippen molar-refractivity contribution in [3.8, 4) is 0 Å². The van der Waals surface area contributed by atoms with E-state index in [1.165, 1.54) is 11.3 Å². The zero-order chi connectivity index (χ0) is 13.1. The van der Waals surface area contributed by atoms with Crippen LogP contribution in [-0.2, 0) is 6.54 Å². The van der Waals surface area contributed by atoms with Crippen LogP contribution in [0.3, 0.4) is 0 Å². The number of thiophene rings is 1. The summed E-state index contributed by atoms with van der Waals surface area (Å²) in [7, 11) is 0. The second kappa shape index (κ2) is 5.89. The molecule has 18 heavy (non-hydrogen) atoms. The van der Waals surface area contributed by atoms with Crippen LogP contribution in [0.2, 0.25) is 4.34 Å². The molecule has 3 nitrogen and oxygen atoms in total. The maximum atomic E-state index is 9.95. The molecule has 2 aromatic rings. The van der Waals surface area contributed by atoms with Crippen LogP contribution >= 0.6 is 22.9 Å². The predicted molar refractivity (Wildman–Crippen MR) is 74.2 cm³/mol. The second-order valence-corrected chi connectivity index (χ2v) is 5.97. The average molecular weight is 286 g/mol. The Bertz CT molecular complexity index is 521. The fourth-order valence-corrected chi connectivity index (χ4v) is 2.86. The summed E-state index contributed by atoms with van der Waals surface area (Å²) < 4.78 is 6.14. The van der Waals surface area contributed by atoms with Gasteiger partial charge in [0.1, 0.15) is 17.6 Å². The molecule has 2 heterocycles. The highest BCUT2D eigenvalue weighted by molar-refractivity contribution is 7.16. The molecule has 0 radical (unpaired) electrons. The molecule has 0 aromatic carbocycles. The van der Waals surface area contributed by atoms with Gasteiger partial charge in [-0.1, -0.05) is 11.6 Å². The molecule has 1 atom stereocenters. The van der Waals surface area contributed by atoms with Crippen LogP contribution in [0, 0.1) is 13.8 Å². The summed E-state index contributed by atoms with van der Waals surface area (Å²) in [5, 5.41) is 13.2. The summed E-state index contributed by atoms with van der Waals surface area (Å²) in [6.45, 7) is 5.07. The quantitative estimate of drug-likeness (QED) is 0.885. The number of nitrogens with one attached hydrogen (secondary N) is 1. The minimum atomic E-state index is -0.518. The minimum absolute atomic E-state index is 0.501. The van der Waals surface area contributed by atoms with Gasteiger partial charge in [-0.3, -0.25) is 0 Å². The molecule has 2 N–H and O–H groups in total. The van der Waals surface area contributed by atoms with E-state index >= 15 is 0 Å². The highest BCUT2D eigenvalue weighted by Gasteiger charge is 2.10. The Hall–Kier alpha value is -0.810. The molecular formula is C13H16ClNO2S. The van der Waals surface area contributed by atoms with Crippen LogP contribution in [-0.4, -0.2) is 11.7 Å². The van der Waals surface area contributed by atoms with Crippen LogP contribution in [0.4, 0.5) is 0 Å². The first-order valence-corrected chi connectivity index (χ1v) is 6.95. The van der Waals surface area contributed by atoms with E-state index in [1.54, 1.807) is 6.07 Å². The lowest BCUT2D eigenvalue weighted by molar-refractivity contribution is 0.178. The third kappa shape index (κ3) is 3.36. The molecule has 0 bridgehead atoms. The van der Waals surface area contributed by atoms with Gasteiger partial charge in [0.05, 0.1) is 4.34 Å². The summed E-state index contributed by atoms with van der Waals surface area (Å²) >= 11 is 7.24. The number of halogens is 1. The van der Waals surface area contributed by atoms with E-state index in [4.69, 9.17) is 16.0 Å². The van der Waals surface area contributed by atoms with Gasteiger partial charge < -0.3 is 14.8 Å². The molecule has 0 amide bonds. The number of aryl methyl sites for hydroxylation is 2. The first-order chi connectivity index (χ1) is 8.56. The molecular weight excluding hydrogens is 270 g/mol. The summed E-state index contributed by atoms with van der Waals surface area (Å²) in [5.74, 6) is 1.84. The lowest BCUT2D eigenvalue weighted by Crippen LogP contribution is -2.20. The summed E-state index contributed by atoms with van der Waals surface area (Å²) in [4.78, 5) is 0.882. The van der Waals surface area contributed by atoms with Crippen molar-refractivity contribution in [1.29, 1.82) is 0 Å². The molecule has 0 saturated heterocycles. The number of hydrogen-bond donors (Lipinski definition) is 2. The van der Waals surface area contributed by atoms with Crippen molar-refractivity contribution < 1.29 is 9.52 Å². The third-order valence-corrected chi connectivity index (χ3v) is 4.05. The van der Waals surface area contributed by atoms with E-state index in [0.29, 0.717) is 17.4 Å². The Morgan fingerprint density at radius 2 is 2.22 bits per heavy atom. The number of hydrogen-bond acceptors (Lipinski definition) is 4. The van der Waals surface area contributed by atoms with Crippen LogP contribution in [0.15, 0.2) is 22.6 Å². The number of rotatable bonds is 5. The molecule has 1 unspecified atom stereocenters. The Balaban J connectivity index is 1.83. The summed E-state index contributed by atoms with van der Waals surface area (Å²) in [5.41, 5.74) is 1.13. The van der Waals surface area contributed by atoms with Gasteiger partial charge in [0.15, 0.2) is 0 Å². The molecule has 0 aliphatic rings. The number of aliphatic hydroxyl groups is 1. The maximum Gasteiger partial charge on any atom is 0.105 e. The van der Waals surface area contributed by atoms with Crippen LogP contribution in [0.25, 0.3) is 0 Å². The molecule has 2 rings (SSSR count). The first kappa shape index (κ1) is 13.6. The van der Waals surface area contributed by atoms with E-state index in [2.05, 4.69) is 5.32 Å². The van der Waals surface area contributed by atoms with Gasteiger partial charge in [-0.25, -0.2) is 0 Å². The Morgan fingerprint density at radius 1 is 1.44 bits per heavy atom. The van der Waals surface area contributed by atoms with Crippen molar-refractivity contribution in [2.45, 2.75) is 26.5 Å². The topological polar surface area (TPSA) is 45.4 Å². The van der Waals surface area contributed by atoms with Crippen molar-refractivity contribution in [3.63, 3.8) is 0 Å². The highest BCUT2D eigenvalue weighted by atomic mass is 35.5. The zero-order valence-corrected chi connectivity index (χ0v) is 11.9. The smallest absolute Gasteiger partial charge is 0.105 e. The summed E-state index contributed by atoms with van der Waals surface area (Å²) in [6, 6.07) is 5.66. The Labute approximate surface area is 115 Å². The van der Waals surface area contributed by atoms with Crippen molar-refractivity contribution in [3.05, 3.63) is 44.5 Å². The molecule has 0 fully saturated rings. The fourth-order valence-electron chi connectivity index (χ4n) is 1.81. The molecule has 5 heteroatoms. The van der Waals surface area contributed by atoms with Crippen LogP contribution in [0.1, 0.15) is 28.1 Å². The molecule has 98 valence electrons. The zero-order valence-electron chi connectivity index (χ0n) is 10.4. The molecule has 0 aliphatic heterocycles. The van der Waals surface area contributed by atoms with Gasteiger partial charge in [0, 0.05) is 23.5 Å². The van der Waals surface area contributed by atoms with E-state index in [-0.39, 0.29) is 0 Å². The number of furan rings is 1. The largest absolute Gasteiger partial charge is 0.466 e. The van der Waals surface area contributed by atoms with Gasteiger partial charge in [0.25, 0.3) is 0 Å². The van der Waals surface area contributed by atoms with Gasteiger partial charge >= 0.3 is 0 Å². The second-order valence-electron chi connectivity index (χ2n) is 4.23. The standard InChI is InChI=1S/C13H16ClNO2S/c1-8-5-10(9(2)17-8)6-15-7-11(16)12-3-4-13(14)18-12/h3-5,11,15-16H,6-7H2,1-2H3. The van der Waals surface area contributed by atoms with Crippen molar-refractivity contribution >= 4 is 22.9 Å². The predicted octanol–water partition coefficient (Wildman–Crippen LogP) is 3.43. The lowest BCUT2D eigenvalue weighted by atomic mass is 10.2. The molecule has 0 aliphatic carbocycles. The molecule has 0 saturated carbocycles. The maximum absolute atomic E-state index is 9.95.